The van der Waals surface area contributed by atoms with Gasteiger partial charge in [0.05, 0.1) is 0 Å². The average molecular weight is 252 g/mol. The predicted molar refractivity (Wildman–Crippen MR) is 75.6 cm³/mol. The molecule has 1 aromatic heterocycles. The van der Waals surface area contributed by atoms with Gasteiger partial charge in [0.15, 0.2) is 0 Å². The number of hydrogen-bond donors (Lipinski definition) is 1. The molecule has 2 heterocycles. The summed E-state index contributed by atoms with van der Waals surface area (Å²) in [5.74, 6) is 0. The van der Waals surface area contributed by atoms with Gasteiger partial charge in [-0.1, -0.05) is 19.4 Å². The van der Waals surface area contributed by atoms with Gasteiger partial charge in [-0.2, -0.15) is 0 Å². The summed E-state index contributed by atoms with van der Waals surface area (Å²) in [5, 5.41) is 5.82. The van der Waals surface area contributed by atoms with Gasteiger partial charge in [0.1, 0.15) is 0 Å². The standard InChI is InChI=1S/C14H24N2S/c1-3-16(11-13-7-4-5-9-15-13)12(2)14-8-6-10-17-14/h6,8,10,12-13,15H,3-5,7,9,11H2,1-2H3. The van der Waals surface area contributed by atoms with Gasteiger partial charge in [-0.25, -0.2) is 0 Å². The molecular formula is C14H24N2S. The van der Waals surface area contributed by atoms with Crippen molar-refractivity contribution in [2.75, 3.05) is 19.6 Å². The minimum Gasteiger partial charge on any atom is -0.313 e. The second-order valence-corrected chi connectivity index (χ2v) is 5.91. The lowest BCUT2D eigenvalue weighted by Gasteiger charge is -2.33. The molecule has 1 saturated heterocycles. The molecule has 1 N–H and O–H groups in total. The van der Waals surface area contributed by atoms with Gasteiger partial charge < -0.3 is 5.32 Å². The Morgan fingerprint density at radius 1 is 1.53 bits per heavy atom. The van der Waals surface area contributed by atoms with E-state index >= 15 is 0 Å². The highest BCUT2D eigenvalue weighted by molar-refractivity contribution is 7.10. The van der Waals surface area contributed by atoms with Gasteiger partial charge in [-0.15, -0.1) is 11.3 Å². The van der Waals surface area contributed by atoms with Crippen molar-refractivity contribution in [2.24, 2.45) is 0 Å². The van der Waals surface area contributed by atoms with Crippen LogP contribution in [0.15, 0.2) is 17.5 Å². The van der Waals surface area contributed by atoms with E-state index in [-0.39, 0.29) is 0 Å². The number of nitrogens with zero attached hydrogens (tertiary/aromatic N) is 1. The van der Waals surface area contributed by atoms with Crippen LogP contribution in [0.25, 0.3) is 0 Å². The van der Waals surface area contributed by atoms with Crippen LogP contribution in [-0.4, -0.2) is 30.6 Å². The van der Waals surface area contributed by atoms with E-state index in [0.717, 1.165) is 6.54 Å². The smallest absolute Gasteiger partial charge is 0.0413 e. The SMILES string of the molecule is CCN(CC1CCCCN1)C(C)c1cccs1. The Morgan fingerprint density at radius 3 is 3.00 bits per heavy atom. The Morgan fingerprint density at radius 2 is 2.41 bits per heavy atom. The molecular weight excluding hydrogens is 228 g/mol. The quantitative estimate of drug-likeness (QED) is 0.865. The third-order valence-electron chi connectivity index (χ3n) is 3.78. The van der Waals surface area contributed by atoms with Crippen LogP contribution in [0.4, 0.5) is 0 Å². The number of nitrogens with one attached hydrogen (secondary N) is 1. The summed E-state index contributed by atoms with van der Waals surface area (Å²) in [6.45, 7) is 8.13. The first-order chi connectivity index (χ1) is 8.31. The Kier molecular flexibility index (Phi) is 5.01. The second-order valence-electron chi connectivity index (χ2n) is 4.93. The zero-order valence-electron chi connectivity index (χ0n) is 11.0. The molecule has 2 nitrogen and oxygen atoms in total. The molecule has 1 aliphatic rings. The van der Waals surface area contributed by atoms with Crippen molar-refractivity contribution in [1.29, 1.82) is 0 Å². The molecule has 1 aromatic rings. The number of thiophene rings is 1. The van der Waals surface area contributed by atoms with Crippen molar-refractivity contribution in [3.63, 3.8) is 0 Å². The maximum atomic E-state index is 3.65. The van der Waals surface area contributed by atoms with E-state index in [0.29, 0.717) is 12.1 Å². The van der Waals surface area contributed by atoms with Crippen LogP contribution in [0.5, 0.6) is 0 Å². The molecule has 2 atom stereocenters. The Hall–Kier alpha value is -0.380. The summed E-state index contributed by atoms with van der Waals surface area (Å²) in [6, 6.07) is 5.67. The first kappa shape index (κ1) is 13.1. The van der Waals surface area contributed by atoms with E-state index < -0.39 is 0 Å². The molecule has 0 aliphatic carbocycles. The van der Waals surface area contributed by atoms with Crippen molar-refractivity contribution < 1.29 is 0 Å². The maximum absolute atomic E-state index is 3.65. The van der Waals surface area contributed by atoms with Gasteiger partial charge in [-0.05, 0) is 44.3 Å². The number of hydrogen-bond acceptors (Lipinski definition) is 3. The Bertz CT molecular complexity index is 304. The first-order valence-corrected chi connectivity index (χ1v) is 7.70. The third-order valence-corrected chi connectivity index (χ3v) is 4.82. The van der Waals surface area contributed by atoms with E-state index in [4.69, 9.17) is 0 Å². The third kappa shape index (κ3) is 3.54. The van der Waals surface area contributed by atoms with Crippen LogP contribution in [0, 0.1) is 0 Å². The fourth-order valence-electron chi connectivity index (χ4n) is 2.63. The number of rotatable bonds is 5. The largest absolute Gasteiger partial charge is 0.313 e. The summed E-state index contributed by atoms with van der Waals surface area (Å²) in [6.07, 6.45) is 4.08. The lowest BCUT2D eigenvalue weighted by atomic mass is 10.0. The van der Waals surface area contributed by atoms with E-state index in [2.05, 4.69) is 41.6 Å². The Labute approximate surface area is 109 Å². The summed E-state index contributed by atoms with van der Waals surface area (Å²) >= 11 is 1.87. The molecule has 0 spiro atoms. The monoisotopic (exact) mass is 252 g/mol. The maximum Gasteiger partial charge on any atom is 0.0413 e. The molecule has 2 rings (SSSR count). The molecule has 0 saturated carbocycles. The molecule has 0 aromatic carbocycles. The predicted octanol–water partition coefficient (Wildman–Crippen LogP) is 3.27. The lowest BCUT2D eigenvalue weighted by Crippen LogP contribution is -2.44. The fourth-order valence-corrected chi connectivity index (χ4v) is 3.45. The van der Waals surface area contributed by atoms with Crippen LogP contribution >= 0.6 is 11.3 Å². The second kappa shape index (κ2) is 6.53. The average Bonchev–Trinajstić information content (AvgIpc) is 2.90. The van der Waals surface area contributed by atoms with Gasteiger partial charge in [-0.3, -0.25) is 4.90 Å². The van der Waals surface area contributed by atoms with E-state index in [1.807, 2.05) is 11.3 Å². The minimum absolute atomic E-state index is 0.559. The van der Waals surface area contributed by atoms with Gasteiger partial charge in [0.2, 0.25) is 0 Å². The topological polar surface area (TPSA) is 15.3 Å². The van der Waals surface area contributed by atoms with Crippen molar-refractivity contribution >= 4 is 11.3 Å². The molecule has 2 unspecified atom stereocenters. The highest BCUT2D eigenvalue weighted by Crippen LogP contribution is 2.25. The molecule has 0 bridgehead atoms. The van der Waals surface area contributed by atoms with E-state index in [1.54, 1.807) is 0 Å². The van der Waals surface area contributed by atoms with E-state index in [9.17, 15) is 0 Å². The normalized spacial score (nSPS) is 22.9. The number of piperidine rings is 1. The van der Waals surface area contributed by atoms with Crippen molar-refractivity contribution in [2.45, 2.75) is 45.2 Å². The highest BCUT2D eigenvalue weighted by Gasteiger charge is 2.20. The fraction of sp³-hybridized carbons (Fsp3) is 0.714. The summed E-state index contributed by atoms with van der Waals surface area (Å²) in [4.78, 5) is 4.08. The lowest BCUT2D eigenvalue weighted by molar-refractivity contribution is 0.187. The molecule has 0 radical (unpaired) electrons. The number of likely N-dealkylation sites (N-methyl/N-ethyl adjacent to an activating group) is 1. The summed E-state index contributed by atoms with van der Waals surface area (Å²) in [7, 11) is 0. The molecule has 3 heteroatoms. The summed E-state index contributed by atoms with van der Waals surface area (Å²) < 4.78 is 0. The van der Waals surface area contributed by atoms with Gasteiger partial charge in [0.25, 0.3) is 0 Å². The molecule has 17 heavy (non-hydrogen) atoms. The summed E-state index contributed by atoms with van der Waals surface area (Å²) in [5.41, 5.74) is 0. The molecule has 1 fully saturated rings. The zero-order valence-corrected chi connectivity index (χ0v) is 11.8. The van der Waals surface area contributed by atoms with Gasteiger partial charge in [0, 0.05) is 23.5 Å². The van der Waals surface area contributed by atoms with Crippen molar-refractivity contribution in [3.05, 3.63) is 22.4 Å². The van der Waals surface area contributed by atoms with Crippen LogP contribution in [0.3, 0.4) is 0 Å². The highest BCUT2D eigenvalue weighted by atomic mass is 32.1. The van der Waals surface area contributed by atoms with E-state index in [1.165, 1.54) is 37.2 Å². The minimum atomic E-state index is 0.559. The van der Waals surface area contributed by atoms with Crippen LogP contribution in [0.2, 0.25) is 0 Å². The molecule has 0 amide bonds. The van der Waals surface area contributed by atoms with Crippen LogP contribution in [-0.2, 0) is 0 Å². The van der Waals surface area contributed by atoms with Gasteiger partial charge >= 0.3 is 0 Å². The van der Waals surface area contributed by atoms with Crippen molar-refractivity contribution in [3.8, 4) is 0 Å². The Balaban J connectivity index is 1.91. The first-order valence-electron chi connectivity index (χ1n) is 6.82. The molecule has 96 valence electrons. The molecule has 1 aliphatic heterocycles. The van der Waals surface area contributed by atoms with Crippen LogP contribution in [0.1, 0.15) is 44.0 Å². The van der Waals surface area contributed by atoms with Crippen LogP contribution < -0.4 is 5.32 Å². The van der Waals surface area contributed by atoms with Crippen molar-refractivity contribution in [1.82, 2.24) is 10.2 Å². The zero-order chi connectivity index (χ0) is 12.1.